The number of amides is 3. The van der Waals surface area contributed by atoms with Gasteiger partial charge in [-0.2, -0.15) is 0 Å². The van der Waals surface area contributed by atoms with E-state index in [2.05, 4.69) is 10.3 Å². The molecule has 8 heteroatoms. The van der Waals surface area contributed by atoms with E-state index in [-0.39, 0.29) is 29.4 Å². The van der Waals surface area contributed by atoms with Crippen molar-refractivity contribution in [2.24, 2.45) is 16.5 Å². The highest BCUT2D eigenvalue weighted by molar-refractivity contribution is 6.31. The Morgan fingerprint density at radius 3 is 2.65 bits per heavy atom. The summed E-state index contributed by atoms with van der Waals surface area (Å²) >= 11 is 6.01. The molecule has 1 heterocycles. The molecular formula is C18H22ClN5O2. The van der Waals surface area contributed by atoms with Crippen LogP contribution in [0.3, 0.4) is 0 Å². The third-order valence-corrected chi connectivity index (χ3v) is 4.88. The number of aliphatic imine (C=N–C) groups is 1. The average Bonchev–Trinajstić information content (AvgIpc) is 3.31. The molecule has 0 radical (unpaired) electrons. The Hall–Kier alpha value is -2.54. The largest absolute Gasteiger partial charge is 0.398 e. The second kappa shape index (κ2) is 6.99. The minimum Gasteiger partial charge on any atom is -0.398 e. The van der Waals surface area contributed by atoms with Crippen molar-refractivity contribution in [1.29, 1.82) is 0 Å². The number of hydrogen-bond acceptors (Lipinski definition) is 4. The molecule has 0 unspecified atom stereocenters. The Labute approximate surface area is 157 Å². The van der Waals surface area contributed by atoms with Crippen molar-refractivity contribution in [2.75, 3.05) is 19.6 Å². The number of nitrogens with two attached hydrogens (primary N) is 2. The highest BCUT2D eigenvalue weighted by Gasteiger charge is 2.40. The quantitative estimate of drug-likeness (QED) is 0.693. The molecule has 1 aromatic rings. The van der Waals surface area contributed by atoms with E-state index in [9.17, 15) is 9.59 Å². The van der Waals surface area contributed by atoms with E-state index in [1.54, 1.807) is 29.2 Å². The average molecular weight is 376 g/mol. The SMILES string of the molecule is CC1(NC(=O)N2CCN=C(C(C(N)=O)=C(N)c3cccc(Cl)c3)C2)CC1. The summed E-state index contributed by atoms with van der Waals surface area (Å²) in [5.41, 5.74) is 13.0. The third kappa shape index (κ3) is 3.99. The number of carbonyl (C=O) groups is 2. The van der Waals surface area contributed by atoms with E-state index >= 15 is 0 Å². The van der Waals surface area contributed by atoms with E-state index in [4.69, 9.17) is 23.1 Å². The molecule has 3 amide bonds. The zero-order valence-corrected chi connectivity index (χ0v) is 15.3. The van der Waals surface area contributed by atoms with Gasteiger partial charge in [-0.05, 0) is 37.5 Å². The van der Waals surface area contributed by atoms with Crippen LogP contribution in [0.25, 0.3) is 5.70 Å². The Kier molecular flexibility index (Phi) is 4.91. The lowest BCUT2D eigenvalue weighted by atomic mass is 10.0. The molecule has 0 bridgehead atoms. The van der Waals surface area contributed by atoms with Crippen LogP contribution in [0.1, 0.15) is 25.3 Å². The van der Waals surface area contributed by atoms with Crippen molar-refractivity contribution >= 4 is 34.9 Å². The van der Waals surface area contributed by atoms with Crippen LogP contribution in [-0.2, 0) is 4.79 Å². The van der Waals surface area contributed by atoms with Crippen LogP contribution in [-0.4, -0.2) is 47.7 Å². The zero-order chi connectivity index (χ0) is 18.9. The molecule has 0 atom stereocenters. The molecule has 7 nitrogen and oxygen atoms in total. The maximum Gasteiger partial charge on any atom is 0.318 e. The first-order chi connectivity index (χ1) is 12.3. The molecule has 1 aliphatic heterocycles. The first-order valence-electron chi connectivity index (χ1n) is 8.45. The van der Waals surface area contributed by atoms with E-state index in [1.807, 2.05) is 6.92 Å². The molecular weight excluding hydrogens is 354 g/mol. The number of halogens is 1. The van der Waals surface area contributed by atoms with E-state index in [0.29, 0.717) is 29.4 Å². The summed E-state index contributed by atoms with van der Waals surface area (Å²) in [6.45, 7) is 3.06. The van der Waals surface area contributed by atoms with Gasteiger partial charge in [0.15, 0.2) is 0 Å². The zero-order valence-electron chi connectivity index (χ0n) is 14.6. The topological polar surface area (TPSA) is 114 Å². The van der Waals surface area contributed by atoms with Crippen LogP contribution in [0.2, 0.25) is 5.02 Å². The lowest BCUT2D eigenvalue weighted by Gasteiger charge is -2.29. The van der Waals surface area contributed by atoms with Gasteiger partial charge in [0, 0.05) is 17.1 Å². The van der Waals surface area contributed by atoms with Gasteiger partial charge in [0.2, 0.25) is 0 Å². The van der Waals surface area contributed by atoms with Crippen molar-refractivity contribution in [1.82, 2.24) is 10.2 Å². The van der Waals surface area contributed by atoms with Crippen molar-refractivity contribution in [3.63, 3.8) is 0 Å². The smallest absolute Gasteiger partial charge is 0.318 e. The fourth-order valence-corrected chi connectivity index (χ4v) is 3.02. The van der Waals surface area contributed by atoms with Gasteiger partial charge >= 0.3 is 6.03 Å². The summed E-state index contributed by atoms with van der Waals surface area (Å²) in [6.07, 6.45) is 1.95. The van der Waals surface area contributed by atoms with Crippen LogP contribution in [0.15, 0.2) is 34.8 Å². The summed E-state index contributed by atoms with van der Waals surface area (Å²) < 4.78 is 0. The molecule has 0 saturated heterocycles. The lowest BCUT2D eigenvalue weighted by Crippen LogP contribution is -2.50. The summed E-state index contributed by atoms with van der Waals surface area (Å²) in [6, 6.07) is 6.68. The highest BCUT2D eigenvalue weighted by atomic mass is 35.5. The summed E-state index contributed by atoms with van der Waals surface area (Å²) in [7, 11) is 0. The first kappa shape index (κ1) is 18.3. The van der Waals surface area contributed by atoms with Gasteiger partial charge in [0.05, 0.1) is 30.1 Å². The van der Waals surface area contributed by atoms with E-state index in [0.717, 1.165) is 12.8 Å². The third-order valence-electron chi connectivity index (χ3n) is 4.65. The summed E-state index contributed by atoms with van der Waals surface area (Å²) in [5.74, 6) is -0.683. The molecule has 1 fully saturated rings. The summed E-state index contributed by atoms with van der Waals surface area (Å²) in [4.78, 5) is 30.5. The fourth-order valence-electron chi connectivity index (χ4n) is 2.83. The van der Waals surface area contributed by atoms with E-state index < -0.39 is 5.91 Å². The van der Waals surface area contributed by atoms with Gasteiger partial charge in [-0.1, -0.05) is 23.7 Å². The normalized spacial score (nSPS) is 19.3. The van der Waals surface area contributed by atoms with Crippen molar-refractivity contribution in [3.8, 4) is 0 Å². The second-order valence-corrected chi connectivity index (χ2v) is 7.34. The number of urea groups is 1. The number of primary amides is 1. The minimum atomic E-state index is -0.683. The number of nitrogens with zero attached hydrogens (tertiary/aromatic N) is 2. The van der Waals surface area contributed by atoms with Gasteiger partial charge in [-0.25, -0.2) is 4.79 Å². The van der Waals surface area contributed by atoms with Crippen molar-refractivity contribution < 1.29 is 9.59 Å². The van der Waals surface area contributed by atoms with E-state index in [1.165, 1.54) is 0 Å². The molecule has 138 valence electrons. The fraction of sp³-hybridized carbons (Fsp3) is 0.389. The highest BCUT2D eigenvalue weighted by Crippen LogP contribution is 2.34. The molecule has 1 saturated carbocycles. The van der Waals surface area contributed by atoms with Crippen LogP contribution >= 0.6 is 11.6 Å². The number of rotatable bonds is 4. The number of benzene rings is 1. The maximum atomic E-state index is 12.5. The molecule has 5 N–H and O–H groups in total. The number of nitrogens with one attached hydrogen (secondary N) is 1. The Morgan fingerprint density at radius 2 is 2.04 bits per heavy atom. The standard InChI is InChI=1S/C18H22ClN5O2/c1-18(5-6-18)23-17(26)24-8-7-22-13(10-24)14(16(21)25)15(20)11-3-2-4-12(19)9-11/h2-4,9H,5-8,10,20H2,1H3,(H2,21,25)(H,23,26). The molecule has 1 aliphatic carbocycles. The second-order valence-electron chi connectivity index (χ2n) is 6.90. The first-order valence-corrected chi connectivity index (χ1v) is 8.83. The number of carbonyl (C=O) groups excluding carboxylic acids is 2. The molecule has 2 aliphatic rings. The molecule has 26 heavy (non-hydrogen) atoms. The van der Waals surface area contributed by atoms with Crippen LogP contribution < -0.4 is 16.8 Å². The van der Waals surface area contributed by atoms with Crippen LogP contribution in [0.5, 0.6) is 0 Å². The van der Waals surface area contributed by atoms with Gasteiger partial charge in [0.1, 0.15) is 0 Å². The number of hydrogen-bond donors (Lipinski definition) is 3. The Morgan fingerprint density at radius 1 is 1.31 bits per heavy atom. The molecule has 0 aromatic heterocycles. The molecule has 0 spiro atoms. The molecule has 1 aromatic carbocycles. The van der Waals surface area contributed by atoms with Gasteiger partial charge in [0.25, 0.3) is 5.91 Å². The summed E-state index contributed by atoms with van der Waals surface area (Å²) in [5, 5.41) is 3.51. The maximum absolute atomic E-state index is 12.5. The van der Waals surface area contributed by atoms with Crippen molar-refractivity contribution in [2.45, 2.75) is 25.3 Å². The minimum absolute atomic E-state index is 0.117. The van der Waals surface area contributed by atoms with Gasteiger partial charge in [-0.3, -0.25) is 9.79 Å². The molecule has 3 rings (SSSR count). The monoisotopic (exact) mass is 375 g/mol. The Bertz CT molecular complexity index is 814. The predicted octanol–water partition coefficient (Wildman–Crippen LogP) is 1.51. The lowest BCUT2D eigenvalue weighted by molar-refractivity contribution is -0.114. The van der Waals surface area contributed by atoms with Gasteiger partial charge in [-0.15, -0.1) is 0 Å². The van der Waals surface area contributed by atoms with Crippen LogP contribution in [0.4, 0.5) is 4.79 Å². The Balaban J connectivity index is 1.86. The predicted molar refractivity (Wildman–Crippen MR) is 102 cm³/mol. The van der Waals surface area contributed by atoms with Crippen LogP contribution in [0, 0.1) is 0 Å². The van der Waals surface area contributed by atoms with Crippen molar-refractivity contribution in [3.05, 3.63) is 40.4 Å². The van der Waals surface area contributed by atoms with Gasteiger partial charge < -0.3 is 21.7 Å².